The van der Waals surface area contributed by atoms with Crippen LogP contribution in [0.2, 0.25) is 5.02 Å². The quantitative estimate of drug-likeness (QED) is 0.666. The summed E-state index contributed by atoms with van der Waals surface area (Å²) in [5.74, 6) is 0. The first-order valence-corrected chi connectivity index (χ1v) is 6.06. The molecule has 0 heterocycles. The van der Waals surface area contributed by atoms with Crippen LogP contribution in [0.4, 0.5) is 0 Å². The predicted molar refractivity (Wildman–Crippen MR) is 55.7 cm³/mol. The zero-order chi connectivity index (χ0) is 10.9. The first-order valence-electron chi connectivity index (χ1n) is 3.37. The highest BCUT2D eigenvalue weighted by Gasteiger charge is 2.14. The third kappa shape index (κ3) is 2.74. The lowest BCUT2D eigenvalue weighted by molar-refractivity contribution is 0.483. The summed E-state index contributed by atoms with van der Waals surface area (Å²) in [6, 6.07) is 3.61. The molecule has 0 bridgehead atoms. The van der Waals surface area contributed by atoms with Crippen LogP contribution in [0, 0.1) is 0 Å². The van der Waals surface area contributed by atoms with Crippen molar-refractivity contribution in [2.45, 2.75) is 9.73 Å². The van der Waals surface area contributed by atoms with Crippen molar-refractivity contribution in [2.24, 2.45) is 0 Å². The lowest BCUT2D eigenvalue weighted by Crippen LogP contribution is -1.98. The van der Waals surface area contributed by atoms with E-state index in [1.807, 2.05) is 0 Å². The molecule has 1 aromatic carbocycles. The van der Waals surface area contributed by atoms with Crippen LogP contribution in [0.1, 0.15) is 10.4 Å². The molecule has 0 aliphatic carbocycles. The van der Waals surface area contributed by atoms with Crippen molar-refractivity contribution in [2.75, 3.05) is 0 Å². The Morgan fingerprint density at radius 3 is 2.21 bits per heavy atom. The van der Waals surface area contributed by atoms with E-state index in [1.54, 1.807) is 0 Å². The van der Waals surface area contributed by atoms with E-state index >= 15 is 0 Å². The van der Waals surface area contributed by atoms with Gasteiger partial charge in [0.25, 0.3) is 10.1 Å². The predicted octanol–water partition coefficient (Wildman–Crippen LogP) is 3.06. The van der Waals surface area contributed by atoms with Crippen LogP contribution in [0.3, 0.4) is 0 Å². The van der Waals surface area contributed by atoms with Gasteiger partial charge in [0.2, 0.25) is 0 Å². The van der Waals surface area contributed by atoms with Gasteiger partial charge in [0.15, 0.2) is 0 Å². The molecule has 0 unspecified atom stereocenters. The molecule has 0 fully saturated rings. The largest absolute Gasteiger partial charge is 0.294 e. The minimum Gasteiger partial charge on any atom is -0.282 e. The van der Waals surface area contributed by atoms with E-state index in [0.717, 1.165) is 6.07 Å². The molecule has 1 aromatic rings. The van der Waals surface area contributed by atoms with E-state index in [-0.39, 0.29) is 9.92 Å². The van der Waals surface area contributed by atoms with Crippen molar-refractivity contribution < 1.29 is 13.0 Å². The molecule has 3 nitrogen and oxygen atoms in total. The Morgan fingerprint density at radius 2 is 1.86 bits per heavy atom. The van der Waals surface area contributed by atoms with Crippen molar-refractivity contribution in [3.05, 3.63) is 28.8 Å². The molecule has 1 rings (SSSR count). The molecule has 1 N–H and O–H groups in total. The number of benzene rings is 1. The molecule has 78 valence electrons. The molecular weight excluding hydrogens is 270 g/mol. The highest BCUT2D eigenvalue weighted by atomic mass is 35.5. The second-order valence-electron chi connectivity index (χ2n) is 2.46. The summed E-state index contributed by atoms with van der Waals surface area (Å²) in [6.45, 7) is 0. The summed E-state index contributed by atoms with van der Waals surface area (Å²) in [7, 11) is -4.24. The third-order valence-electron chi connectivity index (χ3n) is 1.50. The first-order chi connectivity index (χ1) is 6.32. The molecule has 0 spiro atoms. The molecular formula is C7H5Cl3O3S. The van der Waals surface area contributed by atoms with Crippen molar-refractivity contribution >= 4 is 44.9 Å². The highest BCUT2D eigenvalue weighted by Crippen LogP contribution is 2.32. The van der Waals surface area contributed by atoms with Gasteiger partial charge in [0.1, 0.15) is 4.84 Å². The normalized spacial score (nSPS) is 12.1. The van der Waals surface area contributed by atoms with Gasteiger partial charge in [-0.1, -0.05) is 17.7 Å². The van der Waals surface area contributed by atoms with Gasteiger partial charge in [0, 0.05) is 10.6 Å². The molecule has 7 heteroatoms. The second-order valence-corrected chi connectivity index (χ2v) is 5.38. The minimum atomic E-state index is -4.24. The monoisotopic (exact) mass is 274 g/mol. The van der Waals surface area contributed by atoms with Crippen LogP contribution in [0.25, 0.3) is 0 Å². The van der Waals surface area contributed by atoms with Gasteiger partial charge in [-0.25, -0.2) is 0 Å². The zero-order valence-electron chi connectivity index (χ0n) is 6.62. The van der Waals surface area contributed by atoms with Crippen LogP contribution in [0.5, 0.6) is 0 Å². The maximum Gasteiger partial charge on any atom is 0.294 e. The Labute approximate surface area is 96.3 Å². The first kappa shape index (κ1) is 12.1. The van der Waals surface area contributed by atoms with Gasteiger partial charge in [-0.2, -0.15) is 8.42 Å². The molecule has 0 saturated carbocycles. The van der Waals surface area contributed by atoms with Gasteiger partial charge in [-0.3, -0.25) is 4.55 Å². The standard InChI is InChI=1S/C7H5Cl3O3S/c8-6-3-4(14(11,12)13)1-2-5(6)7(9)10/h1-3,7H,(H,11,12,13). The topological polar surface area (TPSA) is 54.4 Å². The van der Waals surface area contributed by atoms with Crippen LogP contribution in [-0.4, -0.2) is 13.0 Å². The number of rotatable bonds is 2. The van der Waals surface area contributed by atoms with E-state index in [4.69, 9.17) is 39.4 Å². The lowest BCUT2D eigenvalue weighted by Gasteiger charge is -2.05. The number of alkyl halides is 2. The molecule has 0 aromatic heterocycles. The lowest BCUT2D eigenvalue weighted by atomic mass is 10.2. The second kappa shape index (κ2) is 4.24. The highest BCUT2D eigenvalue weighted by molar-refractivity contribution is 7.85. The number of halogens is 3. The van der Waals surface area contributed by atoms with Gasteiger partial charge >= 0.3 is 0 Å². The fraction of sp³-hybridized carbons (Fsp3) is 0.143. The Morgan fingerprint density at radius 1 is 1.29 bits per heavy atom. The van der Waals surface area contributed by atoms with E-state index in [2.05, 4.69) is 0 Å². The Kier molecular flexibility index (Phi) is 3.66. The summed E-state index contributed by atoms with van der Waals surface area (Å²) < 4.78 is 30.1. The maximum absolute atomic E-state index is 10.7. The van der Waals surface area contributed by atoms with E-state index in [0.29, 0.717) is 5.56 Å². The van der Waals surface area contributed by atoms with Gasteiger partial charge in [0.05, 0.1) is 4.90 Å². The fourth-order valence-corrected chi connectivity index (χ4v) is 2.20. The molecule has 0 aliphatic rings. The van der Waals surface area contributed by atoms with Crippen LogP contribution in [-0.2, 0) is 10.1 Å². The Balaban J connectivity index is 3.27. The van der Waals surface area contributed by atoms with Gasteiger partial charge in [-0.05, 0) is 12.1 Å². The molecule has 0 saturated heterocycles. The average molecular weight is 276 g/mol. The van der Waals surface area contributed by atoms with Crippen LogP contribution < -0.4 is 0 Å². The van der Waals surface area contributed by atoms with Gasteiger partial charge in [-0.15, -0.1) is 23.2 Å². The Hall–Kier alpha value is -0.000000000000000167. The summed E-state index contributed by atoms with van der Waals surface area (Å²) in [5, 5.41) is 0.0927. The number of hydrogen-bond acceptors (Lipinski definition) is 2. The van der Waals surface area contributed by atoms with E-state index in [9.17, 15) is 8.42 Å². The average Bonchev–Trinajstić information content (AvgIpc) is 2.01. The van der Waals surface area contributed by atoms with Crippen molar-refractivity contribution in [3.63, 3.8) is 0 Å². The van der Waals surface area contributed by atoms with Crippen LogP contribution in [0.15, 0.2) is 23.1 Å². The van der Waals surface area contributed by atoms with Crippen molar-refractivity contribution in [3.8, 4) is 0 Å². The smallest absolute Gasteiger partial charge is 0.282 e. The van der Waals surface area contributed by atoms with Crippen LogP contribution >= 0.6 is 34.8 Å². The van der Waals surface area contributed by atoms with E-state index < -0.39 is 15.0 Å². The third-order valence-corrected chi connectivity index (χ3v) is 3.15. The summed E-state index contributed by atoms with van der Waals surface area (Å²) in [4.78, 5) is -1.13. The molecule has 0 aliphatic heterocycles. The van der Waals surface area contributed by atoms with Gasteiger partial charge < -0.3 is 0 Å². The molecule has 0 atom stereocenters. The molecule has 0 amide bonds. The van der Waals surface area contributed by atoms with E-state index in [1.165, 1.54) is 12.1 Å². The maximum atomic E-state index is 10.7. The summed E-state index contributed by atoms with van der Waals surface area (Å²) in [5.41, 5.74) is 0.391. The Bertz CT molecular complexity index is 441. The fourth-order valence-electron chi connectivity index (χ4n) is 0.845. The molecule has 0 radical (unpaired) electrons. The SMILES string of the molecule is O=S(=O)(O)c1ccc(C(Cl)Cl)c(Cl)c1. The van der Waals surface area contributed by atoms with Crippen molar-refractivity contribution in [1.82, 2.24) is 0 Å². The summed E-state index contributed by atoms with van der Waals surface area (Å²) >= 11 is 16.8. The van der Waals surface area contributed by atoms with Crippen molar-refractivity contribution in [1.29, 1.82) is 0 Å². The zero-order valence-corrected chi connectivity index (χ0v) is 9.70. The minimum absolute atomic E-state index is 0.0927. The number of hydrogen-bond donors (Lipinski definition) is 1. The summed E-state index contributed by atoms with van der Waals surface area (Å²) in [6.07, 6.45) is 0. The molecule has 14 heavy (non-hydrogen) atoms.